The molecule has 0 saturated carbocycles. The van der Waals surface area contributed by atoms with Gasteiger partial charge < -0.3 is 15.5 Å². The maximum atomic E-state index is 11.0. The molecule has 1 aromatic heterocycles. The fourth-order valence-electron chi connectivity index (χ4n) is 2.02. The van der Waals surface area contributed by atoms with Crippen LogP contribution in [0.5, 0.6) is 0 Å². The summed E-state index contributed by atoms with van der Waals surface area (Å²) in [5.74, 6) is 1.13. The molecular weight excluding hydrogens is 280 g/mol. The van der Waals surface area contributed by atoms with Crippen LogP contribution in [0.2, 0.25) is 0 Å². The molecule has 0 aliphatic carbocycles. The molecule has 1 amide bonds. The van der Waals surface area contributed by atoms with Crippen molar-refractivity contribution in [2.45, 2.75) is 20.8 Å². The lowest BCUT2D eigenvalue weighted by atomic mass is 10.3. The first-order valence-electron chi connectivity index (χ1n) is 7.21. The van der Waals surface area contributed by atoms with Crippen LogP contribution in [0.15, 0.2) is 30.5 Å². The number of benzene rings is 1. The summed E-state index contributed by atoms with van der Waals surface area (Å²) < 4.78 is 0. The van der Waals surface area contributed by atoms with Gasteiger partial charge in [-0.2, -0.15) is 10.1 Å². The van der Waals surface area contributed by atoms with Gasteiger partial charge in [0, 0.05) is 31.4 Å². The van der Waals surface area contributed by atoms with Crippen LogP contribution >= 0.6 is 0 Å². The maximum Gasteiger partial charge on any atom is 0.249 e. The molecule has 1 aromatic carbocycles. The third kappa shape index (κ3) is 4.15. The van der Waals surface area contributed by atoms with Crippen LogP contribution in [0.4, 0.5) is 23.1 Å². The predicted molar refractivity (Wildman–Crippen MR) is 87.4 cm³/mol. The number of aromatic nitrogens is 3. The van der Waals surface area contributed by atoms with Crippen LogP contribution in [-0.4, -0.2) is 34.2 Å². The van der Waals surface area contributed by atoms with Gasteiger partial charge in [0.2, 0.25) is 11.9 Å². The summed E-state index contributed by atoms with van der Waals surface area (Å²) in [7, 11) is 0. The molecule has 2 aromatic rings. The first kappa shape index (κ1) is 15.7. The number of carbonyl (C=O) groups is 1. The normalized spacial score (nSPS) is 10.1. The van der Waals surface area contributed by atoms with E-state index in [1.54, 1.807) is 6.20 Å². The van der Waals surface area contributed by atoms with Crippen LogP contribution in [0.3, 0.4) is 0 Å². The summed E-state index contributed by atoms with van der Waals surface area (Å²) in [5.41, 5.74) is 1.57. The van der Waals surface area contributed by atoms with E-state index in [1.807, 2.05) is 24.3 Å². The highest BCUT2D eigenvalue weighted by Crippen LogP contribution is 2.17. The zero-order valence-electron chi connectivity index (χ0n) is 13.0. The minimum atomic E-state index is -0.0971. The molecular formula is C15H20N6O. The summed E-state index contributed by atoms with van der Waals surface area (Å²) in [6.45, 7) is 7.34. The number of carbonyl (C=O) groups excluding carboxylic acids is 1. The third-order valence-electron chi connectivity index (χ3n) is 3.09. The highest BCUT2D eigenvalue weighted by molar-refractivity contribution is 5.88. The van der Waals surface area contributed by atoms with Gasteiger partial charge in [0.05, 0.1) is 6.20 Å². The number of nitrogens with zero attached hydrogens (tertiary/aromatic N) is 4. The molecule has 22 heavy (non-hydrogen) atoms. The van der Waals surface area contributed by atoms with Crippen LogP contribution in [0.25, 0.3) is 0 Å². The standard InChI is InChI=1S/C15H20N6O/c1-4-21(5-2)14-10-16-20-15(19-14)18-13-8-6-12(7-9-13)17-11(3)22/h6-10H,4-5H2,1-3H3,(H,17,22)(H,18,19,20). The zero-order valence-corrected chi connectivity index (χ0v) is 13.0. The van der Waals surface area contributed by atoms with Crippen LogP contribution in [0, 0.1) is 0 Å². The Morgan fingerprint density at radius 1 is 1.14 bits per heavy atom. The van der Waals surface area contributed by atoms with Crippen molar-refractivity contribution < 1.29 is 4.79 Å². The molecule has 7 heteroatoms. The van der Waals surface area contributed by atoms with E-state index in [1.165, 1.54) is 6.92 Å². The van der Waals surface area contributed by atoms with Gasteiger partial charge in [-0.05, 0) is 38.1 Å². The Hall–Kier alpha value is -2.70. The molecule has 0 bridgehead atoms. The van der Waals surface area contributed by atoms with E-state index < -0.39 is 0 Å². The molecule has 0 aliphatic rings. The number of hydrogen-bond donors (Lipinski definition) is 2. The topological polar surface area (TPSA) is 83.0 Å². The van der Waals surface area contributed by atoms with E-state index in [4.69, 9.17) is 0 Å². The zero-order chi connectivity index (χ0) is 15.9. The van der Waals surface area contributed by atoms with Crippen molar-refractivity contribution in [1.29, 1.82) is 0 Å². The average Bonchev–Trinajstić information content (AvgIpc) is 2.50. The molecule has 2 rings (SSSR count). The Bertz CT molecular complexity index is 624. The van der Waals surface area contributed by atoms with Gasteiger partial charge in [0.25, 0.3) is 0 Å². The minimum Gasteiger partial charge on any atom is -0.356 e. The molecule has 0 spiro atoms. The van der Waals surface area contributed by atoms with Crippen molar-refractivity contribution in [1.82, 2.24) is 15.2 Å². The molecule has 0 fully saturated rings. The molecule has 0 radical (unpaired) electrons. The Kier molecular flexibility index (Phi) is 5.24. The third-order valence-corrected chi connectivity index (χ3v) is 3.09. The fourth-order valence-corrected chi connectivity index (χ4v) is 2.02. The van der Waals surface area contributed by atoms with Crippen molar-refractivity contribution >= 4 is 29.0 Å². The van der Waals surface area contributed by atoms with E-state index in [2.05, 4.69) is 44.6 Å². The van der Waals surface area contributed by atoms with Crippen molar-refractivity contribution in [3.63, 3.8) is 0 Å². The summed E-state index contributed by atoms with van der Waals surface area (Å²) in [6.07, 6.45) is 1.65. The lowest BCUT2D eigenvalue weighted by molar-refractivity contribution is -0.114. The van der Waals surface area contributed by atoms with Gasteiger partial charge in [0.1, 0.15) is 0 Å². The van der Waals surface area contributed by atoms with Gasteiger partial charge in [-0.15, -0.1) is 5.10 Å². The molecule has 0 aliphatic heterocycles. The predicted octanol–water partition coefficient (Wildman–Crippen LogP) is 2.42. The molecule has 0 saturated heterocycles. The van der Waals surface area contributed by atoms with Gasteiger partial charge in [0.15, 0.2) is 5.82 Å². The van der Waals surface area contributed by atoms with E-state index in [9.17, 15) is 4.79 Å². The van der Waals surface area contributed by atoms with Gasteiger partial charge in [-0.25, -0.2) is 0 Å². The van der Waals surface area contributed by atoms with Crippen molar-refractivity contribution in [2.24, 2.45) is 0 Å². The SMILES string of the molecule is CCN(CC)c1cnnc(Nc2ccc(NC(C)=O)cc2)n1. The highest BCUT2D eigenvalue weighted by atomic mass is 16.1. The number of anilines is 4. The van der Waals surface area contributed by atoms with Gasteiger partial charge in [-0.3, -0.25) is 4.79 Å². The van der Waals surface area contributed by atoms with E-state index in [0.717, 1.165) is 30.3 Å². The van der Waals surface area contributed by atoms with Crippen LogP contribution < -0.4 is 15.5 Å². The van der Waals surface area contributed by atoms with Crippen molar-refractivity contribution in [3.8, 4) is 0 Å². The highest BCUT2D eigenvalue weighted by Gasteiger charge is 2.06. The average molecular weight is 300 g/mol. The van der Waals surface area contributed by atoms with Crippen LogP contribution in [0.1, 0.15) is 20.8 Å². The number of amides is 1. The second-order valence-corrected chi connectivity index (χ2v) is 4.69. The quantitative estimate of drug-likeness (QED) is 0.852. The number of hydrogen-bond acceptors (Lipinski definition) is 6. The van der Waals surface area contributed by atoms with Gasteiger partial charge >= 0.3 is 0 Å². The minimum absolute atomic E-state index is 0.0971. The van der Waals surface area contributed by atoms with E-state index in [-0.39, 0.29) is 5.91 Å². The number of nitrogens with one attached hydrogen (secondary N) is 2. The molecule has 0 atom stereocenters. The Labute approximate surface area is 129 Å². The second kappa shape index (κ2) is 7.35. The molecule has 2 N–H and O–H groups in total. The second-order valence-electron chi connectivity index (χ2n) is 4.69. The molecule has 1 heterocycles. The lowest BCUT2D eigenvalue weighted by Gasteiger charge is -2.19. The number of rotatable bonds is 6. The molecule has 116 valence electrons. The Morgan fingerprint density at radius 2 is 1.77 bits per heavy atom. The smallest absolute Gasteiger partial charge is 0.249 e. The summed E-state index contributed by atoms with van der Waals surface area (Å²) in [5, 5.41) is 13.8. The fraction of sp³-hybridized carbons (Fsp3) is 0.333. The molecule has 0 unspecified atom stereocenters. The summed E-state index contributed by atoms with van der Waals surface area (Å²) in [4.78, 5) is 17.5. The lowest BCUT2D eigenvalue weighted by Crippen LogP contribution is -2.23. The largest absolute Gasteiger partial charge is 0.356 e. The summed E-state index contributed by atoms with van der Waals surface area (Å²) in [6, 6.07) is 7.31. The summed E-state index contributed by atoms with van der Waals surface area (Å²) >= 11 is 0. The van der Waals surface area contributed by atoms with Crippen molar-refractivity contribution in [3.05, 3.63) is 30.5 Å². The Morgan fingerprint density at radius 3 is 2.36 bits per heavy atom. The van der Waals surface area contributed by atoms with E-state index in [0.29, 0.717) is 5.95 Å². The first-order valence-corrected chi connectivity index (χ1v) is 7.21. The first-order chi connectivity index (χ1) is 10.6. The van der Waals surface area contributed by atoms with Crippen LogP contribution in [-0.2, 0) is 4.79 Å². The van der Waals surface area contributed by atoms with Crippen molar-refractivity contribution in [2.75, 3.05) is 28.6 Å². The monoisotopic (exact) mass is 300 g/mol. The van der Waals surface area contributed by atoms with Gasteiger partial charge in [-0.1, -0.05) is 0 Å². The molecule has 7 nitrogen and oxygen atoms in total. The van der Waals surface area contributed by atoms with E-state index >= 15 is 0 Å². The Balaban J connectivity index is 2.10. The maximum absolute atomic E-state index is 11.0.